The number of hydrogen-bond acceptors (Lipinski definition) is 3. The minimum absolute atomic E-state index is 0. The Morgan fingerprint density at radius 2 is 1.93 bits per heavy atom. The Morgan fingerprint density at radius 3 is 2.57 bits per heavy atom. The molecule has 4 rings (SSSR count). The highest BCUT2D eigenvalue weighted by Crippen LogP contribution is 2.28. The van der Waals surface area contributed by atoms with Crippen molar-refractivity contribution in [1.29, 1.82) is 0 Å². The van der Waals surface area contributed by atoms with Crippen LogP contribution in [0.5, 0.6) is 0 Å². The van der Waals surface area contributed by atoms with E-state index < -0.39 is 0 Å². The lowest BCUT2D eigenvalue weighted by atomic mass is 9.93. The Labute approximate surface area is 171 Å². The topological polar surface area (TPSA) is 79.9 Å². The number of nitrogen functional groups attached to an aromatic ring is 1. The fraction of sp³-hybridized carbons (Fsp3) is 0.333. The van der Waals surface area contributed by atoms with E-state index in [-0.39, 0.29) is 18.3 Å². The van der Waals surface area contributed by atoms with Crippen molar-refractivity contribution < 1.29 is 4.79 Å². The molecule has 1 aromatic carbocycles. The molecule has 3 N–H and O–H groups in total. The number of nitrogens with zero attached hydrogens (tertiary/aromatic N) is 3. The van der Waals surface area contributed by atoms with Crippen molar-refractivity contribution in [2.45, 2.75) is 25.2 Å². The second-order valence-electron chi connectivity index (χ2n) is 7.32. The monoisotopic (exact) mass is 399 g/mol. The molecule has 0 aliphatic carbocycles. The minimum atomic E-state index is 0. The molecule has 0 spiro atoms. The van der Waals surface area contributed by atoms with Crippen molar-refractivity contribution in [2.24, 2.45) is 7.05 Å². The third kappa shape index (κ3) is 4.22. The number of aromatic amines is 1. The molecule has 6 nitrogen and oxygen atoms in total. The fourth-order valence-electron chi connectivity index (χ4n) is 3.84. The molecule has 1 fully saturated rings. The van der Waals surface area contributed by atoms with Gasteiger partial charge in [-0.25, -0.2) is 0 Å². The standard InChI is InChI=1S/C21H25N5O.ClH/c1-25-14-17(22)12-20(25)21(27)26-9-7-16(8-10-26)19-13-18(23-24-19)11-15-5-3-2-4-6-15;/h2-6,12-14,16H,7-11,22H2,1H3,(H,23,24);1H. The summed E-state index contributed by atoms with van der Waals surface area (Å²) in [5.41, 5.74) is 10.6. The van der Waals surface area contributed by atoms with Crippen LogP contribution in [0.3, 0.4) is 0 Å². The van der Waals surface area contributed by atoms with Crippen molar-refractivity contribution in [2.75, 3.05) is 18.8 Å². The third-order valence-corrected chi connectivity index (χ3v) is 5.33. The van der Waals surface area contributed by atoms with E-state index in [1.54, 1.807) is 16.8 Å². The van der Waals surface area contributed by atoms with Gasteiger partial charge in [-0.3, -0.25) is 9.89 Å². The number of halogens is 1. The SMILES string of the molecule is Cl.Cn1cc(N)cc1C(=O)N1CCC(c2cc(Cc3ccccc3)[nH]n2)CC1. The molecule has 3 aromatic rings. The predicted molar refractivity (Wildman–Crippen MR) is 113 cm³/mol. The smallest absolute Gasteiger partial charge is 0.270 e. The maximum atomic E-state index is 12.7. The first-order valence-electron chi connectivity index (χ1n) is 9.39. The number of aromatic nitrogens is 3. The van der Waals surface area contributed by atoms with Crippen molar-refractivity contribution in [1.82, 2.24) is 19.7 Å². The summed E-state index contributed by atoms with van der Waals surface area (Å²) in [7, 11) is 1.86. The summed E-state index contributed by atoms with van der Waals surface area (Å²) in [5, 5.41) is 7.71. The van der Waals surface area contributed by atoms with Gasteiger partial charge in [0.1, 0.15) is 5.69 Å². The highest BCUT2D eigenvalue weighted by atomic mass is 35.5. The first-order chi connectivity index (χ1) is 13.1. The zero-order chi connectivity index (χ0) is 18.8. The second-order valence-corrected chi connectivity index (χ2v) is 7.32. The van der Waals surface area contributed by atoms with E-state index in [4.69, 9.17) is 5.73 Å². The van der Waals surface area contributed by atoms with Gasteiger partial charge in [-0.2, -0.15) is 5.10 Å². The number of rotatable bonds is 4. The Bertz CT molecular complexity index is 925. The lowest BCUT2D eigenvalue weighted by Gasteiger charge is -2.31. The molecule has 1 saturated heterocycles. The normalized spacial score (nSPS) is 14.7. The van der Waals surface area contributed by atoms with Gasteiger partial charge in [0.05, 0.1) is 11.4 Å². The number of benzene rings is 1. The average Bonchev–Trinajstić information content (AvgIpc) is 3.28. The summed E-state index contributed by atoms with van der Waals surface area (Å²) < 4.78 is 1.80. The molecule has 28 heavy (non-hydrogen) atoms. The molecule has 0 unspecified atom stereocenters. The summed E-state index contributed by atoms with van der Waals surface area (Å²) in [6.45, 7) is 1.49. The zero-order valence-electron chi connectivity index (χ0n) is 16.0. The highest BCUT2D eigenvalue weighted by molar-refractivity contribution is 5.93. The van der Waals surface area contributed by atoms with Gasteiger partial charge in [-0.15, -0.1) is 12.4 Å². The van der Waals surface area contributed by atoms with Crippen molar-refractivity contribution >= 4 is 24.0 Å². The van der Waals surface area contributed by atoms with E-state index in [1.807, 2.05) is 18.0 Å². The number of amides is 1. The number of carbonyl (C=O) groups is 1. The Morgan fingerprint density at radius 1 is 1.21 bits per heavy atom. The minimum Gasteiger partial charge on any atom is -0.397 e. The molecule has 0 bridgehead atoms. The van der Waals surface area contributed by atoms with Crippen molar-refractivity contribution in [3.8, 4) is 0 Å². The number of anilines is 1. The molecule has 1 aliphatic heterocycles. The molecule has 1 aliphatic rings. The molecule has 0 atom stereocenters. The third-order valence-electron chi connectivity index (χ3n) is 5.33. The highest BCUT2D eigenvalue weighted by Gasteiger charge is 2.27. The number of hydrogen-bond donors (Lipinski definition) is 2. The summed E-state index contributed by atoms with van der Waals surface area (Å²) in [4.78, 5) is 14.6. The van der Waals surface area contributed by atoms with E-state index in [1.165, 1.54) is 5.56 Å². The zero-order valence-corrected chi connectivity index (χ0v) is 16.8. The van der Waals surface area contributed by atoms with Gasteiger partial charge >= 0.3 is 0 Å². The average molecular weight is 400 g/mol. The predicted octanol–water partition coefficient (Wildman–Crippen LogP) is 3.36. The van der Waals surface area contributed by atoms with Gasteiger partial charge in [0.2, 0.25) is 0 Å². The molecule has 0 saturated carbocycles. The van der Waals surface area contributed by atoms with E-state index in [0.717, 1.165) is 43.7 Å². The molecule has 1 amide bonds. The van der Waals surface area contributed by atoms with Crippen LogP contribution in [0.25, 0.3) is 0 Å². The van der Waals surface area contributed by atoms with Gasteiger partial charge in [0, 0.05) is 44.4 Å². The van der Waals surface area contributed by atoms with Crippen LogP contribution in [-0.4, -0.2) is 38.7 Å². The van der Waals surface area contributed by atoms with Gasteiger partial charge in [0.15, 0.2) is 0 Å². The molecule has 2 aromatic heterocycles. The summed E-state index contributed by atoms with van der Waals surface area (Å²) in [6, 6.07) is 14.3. The van der Waals surface area contributed by atoms with Crippen molar-refractivity contribution in [3.63, 3.8) is 0 Å². The van der Waals surface area contributed by atoms with E-state index in [0.29, 0.717) is 17.3 Å². The first-order valence-corrected chi connectivity index (χ1v) is 9.39. The Kier molecular flexibility index (Phi) is 6.09. The molecular formula is C21H26ClN5O. The number of carbonyl (C=O) groups excluding carboxylic acids is 1. The molecule has 7 heteroatoms. The van der Waals surface area contributed by atoms with Crippen molar-refractivity contribution in [3.05, 3.63) is 71.3 Å². The summed E-state index contributed by atoms with van der Waals surface area (Å²) in [5.74, 6) is 0.452. The molecule has 0 radical (unpaired) electrons. The van der Waals surface area contributed by atoms with Gasteiger partial charge in [0.25, 0.3) is 5.91 Å². The van der Waals surface area contributed by atoms with Crippen LogP contribution in [0, 0.1) is 0 Å². The number of piperidine rings is 1. The molecule has 3 heterocycles. The van der Waals surface area contributed by atoms with Crippen LogP contribution in [-0.2, 0) is 13.5 Å². The summed E-state index contributed by atoms with van der Waals surface area (Å²) in [6.07, 6.45) is 4.50. The lowest BCUT2D eigenvalue weighted by molar-refractivity contribution is 0.0702. The number of H-pyrrole nitrogens is 1. The molecular weight excluding hydrogens is 374 g/mol. The number of nitrogens with one attached hydrogen (secondary N) is 1. The van der Waals surface area contributed by atoms with Crippen LogP contribution in [0.2, 0.25) is 0 Å². The van der Waals surface area contributed by atoms with Crippen LogP contribution in [0.1, 0.15) is 46.2 Å². The van der Waals surface area contributed by atoms with Crippen LogP contribution >= 0.6 is 12.4 Å². The first kappa shape index (κ1) is 20.0. The van der Waals surface area contributed by atoms with Crippen LogP contribution in [0.15, 0.2) is 48.7 Å². The number of likely N-dealkylation sites (tertiary alicyclic amines) is 1. The van der Waals surface area contributed by atoms with E-state index in [9.17, 15) is 4.79 Å². The quantitative estimate of drug-likeness (QED) is 0.705. The van der Waals surface area contributed by atoms with Crippen LogP contribution in [0.4, 0.5) is 5.69 Å². The lowest BCUT2D eigenvalue weighted by Crippen LogP contribution is -2.38. The largest absolute Gasteiger partial charge is 0.397 e. The number of nitrogens with two attached hydrogens (primary N) is 1. The van der Waals surface area contributed by atoms with Gasteiger partial charge < -0.3 is 15.2 Å². The van der Waals surface area contributed by atoms with Gasteiger partial charge in [-0.05, 0) is 30.5 Å². The van der Waals surface area contributed by atoms with Gasteiger partial charge in [-0.1, -0.05) is 30.3 Å². The maximum absolute atomic E-state index is 12.7. The second kappa shape index (κ2) is 8.52. The molecule has 148 valence electrons. The Balaban J connectivity index is 0.00000225. The van der Waals surface area contributed by atoms with Crippen LogP contribution < -0.4 is 5.73 Å². The number of aryl methyl sites for hydroxylation is 1. The maximum Gasteiger partial charge on any atom is 0.270 e. The van der Waals surface area contributed by atoms with E-state index in [2.05, 4.69) is 40.5 Å². The van der Waals surface area contributed by atoms with E-state index >= 15 is 0 Å². The fourth-order valence-corrected chi connectivity index (χ4v) is 3.84. The Hall–Kier alpha value is -2.73. The summed E-state index contributed by atoms with van der Waals surface area (Å²) >= 11 is 0.